The molecule has 1 aromatic rings. The number of nitrogens with zero attached hydrogens (tertiary/aromatic N) is 2. The predicted octanol–water partition coefficient (Wildman–Crippen LogP) is 3.84. The fraction of sp³-hybridized carbons (Fsp3) is 0.583. The molecular weight excluding hydrogens is 380 g/mol. The van der Waals surface area contributed by atoms with E-state index in [9.17, 15) is 14.7 Å². The van der Waals surface area contributed by atoms with Gasteiger partial charge in [-0.15, -0.1) is 0 Å². The summed E-state index contributed by atoms with van der Waals surface area (Å²) in [6, 6.07) is 7.28. The molecule has 30 heavy (non-hydrogen) atoms. The van der Waals surface area contributed by atoms with Crippen molar-refractivity contribution in [2.75, 3.05) is 26.7 Å². The van der Waals surface area contributed by atoms with E-state index in [0.717, 1.165) is 25.0 Å². The number of unbranched alkanes of at least 4 members (excludes halogenated alkanes) is 5. The topological polar surface area (TPSA) is 70.1 Å². The molecule has 0 spiro atoms. The monoisotopic (exact) mass is 416 g/mol. The molecule has 0 aliphatic carbocycles. The fourth-order valence-electron chi connectivity index (χ4n) is 3.67. The second-order valence-corrected chi connectivity index (χ2v) is 8.09. The first kappa shape index (κ1) is 23.9. The quantitative estimate of drug-likeness (QED) is 0.391. The third kappa shape index (κ3) is 6.08. The van der Waals surface area contributed by atoms with Crippen molar-refractivity contribution in [2.45, 2.75) is 65.4 Å². The minimum absolute atomic E-state index is 0.0591. The van der Waals surface area contributed by atoms with Gasteiger partial charge in [-0.3, -0.25) is 14.5 Å². The Morgan fingerprint density at radius 1 is 1.00 bits per heavy atom. The molecule has 1 aromatic carbocycles. The van der Waals surface area contributed by atoms with Gasteiger partial charge in [0.1, 0.15) is 11.4 Å². The van der Waals surface area contributed by atoms with Crippen LogP contribution in [0.5, 0.6) is 5.75 Å². The van der Waals surface area contributed by atoms with Crippen molar-refractivity contribution in [3.05, 3.63) is 35.5 Å². The first-order chi connectivity index (χ1) is 14.4. The van der Waals surface area contributed by atoms with E-state index in [1.807, 2.05) is 38.1 Å². The van der Waals surface area contributed by atoms with Gasteiger partial charge >= 0.3 is 0 Å². The fourth-order valence-corrected chi connectivity index (χ4v) is 3.67. The number of benzene rings is 1. The summed E-state index contributed by atoms with van der Waals surface area (Å²) < 4.78 is 5.69. The Balaban J connectivity index is 2.20. The van der Waals surface area contributed by atoms with Gasteiger partial charge < -0.3 is 14.7 Å². The molecule has 0 saturated heterocycles. The molecule has 1 N–H and O–H groups in total. The third-order valence-corrected chi connectivity index (χ3v) is 5.21. The molecular formula is C24H36N2O4. The van der Waals surface area contributed by atoms with Crippen molar-refractivity contribution in [3.63, 3.8) is 0 Å². The highest BCUT2D eigenvalue weighted by Crippen LogP contribution is 2.32. The number of carbonyl (C=O) groups excluding carboxylic acids is 2. The van der Waals surface area contributed by atoms with Gasteiger partial charge in [0.05, 0.1) is 18.3 Å². The molecule has 0 unspecified atom stereocenters. The van der Waals surface area contributed by atoms with Crippen LogP contribution in [0.25, 0.3) is 5.57 Å². The average molecular weight is 417 g/mol. The summed E-state index contributed by atoms with van der Waals surface area (Å²) >= 11 is 0. The normalized spacial score (nSPS) is 14.3. The van der Waals surface area contributed by atoms with Crippen LogP contribution in [0.2, 0.25) is 0 Å². The lowest BCUT2D eigenvalue weighted by Gasteiger charge is -2.20. The first-order valence-electron chi connectivity index (χ1n) is 11.1. The van der Waals surface area contributed by atoms with E-state index in [0.29, 0.717) is 23.4 Å². The third-order valence-electron chi connectivity index (χ3n) is 5.21. The van der Waals surface area contributed by atoms with Gasteiger partial charge in [0.2, 0.25) is 0 Å². The number of hydrogen-bond acceptors (Lipinski definition) is 5. The smallest absolute Gasteiger partial charge is 0.277 e. The standard InChI is InChI=1S/C24H36N2O4/c1-5-6-7-8-9-10-15-26-23(28)21(22(24(26)29)25(4)16-17-27)19-11-13-20(14-12-19)30-18(2)3/h11-14,18,27H,5-10,15-17H2,1-4H3. The lowest BCUT2D eigenvalue weighted by Crippen LogP contribution is -2.35. The number of imide groups is 1. The van der Waals surface area contributed by atoms with Gasteiger partial charge in [-0.05, 0) is 38.0 Å². The van der Waals surface area contributed by atoms with Crippen LogP contribution in [0.15, 0.2) is 30.0 Å². The van der Waals surface area contributed by atoms with Crippen molar-refractivity contribution < 1.29 is 19.4 Å². The Bertz CT molecular complexity index is 740. The number of carbonyl (C=O) groups is 2. The van der Waals surface area contributed by atoms with Crippen molar-refractivity contribution >= 4 is 17.4 Å². The summed E-state index contributed by atoms with van der Waals surface area (Å²) in [6.07, 6.45) is 6.61. The van der Waals surface area contributed by atoms with Gasteiger partial charge in [0, 0.05) is 20.1 Å². The highest BCUT2D eigenvalue weighted by molar-refractivity contribution is 6.35. The highest BCUT2D eigenvalue weighted by atomic mass is 16.5. The highest BCUT2D eigenvalue weighted by Gasteiger charge is 2.40. The summed E-state index contributed by atoms with van der Waals surface area (Å²) in [5.74, 6) is 0.188. The summed E-state index contributed by atoms with van der Waals surface area (Å²) in [7, 11) is 1.74. The summed E-state index contributed by atoms with van der Waals surface area (Å²) in [5, 5.41) is 9.35. The second kappa shape index (κ2) is 11.7. The lowest BCUT2D eigenvalue weighted by atomic mass is 10.0. The van der Waals surface area contributed by atoms with Crippen LogP contribution in [-0.2, 0) is 9.59 Å². The van der Waals surface area contributed by atoms with E-state index < -0.39 is 0 Å². The number of likely N-dealkylation sites (N-methyl/N-ethyl adjacent to an activating group) is 1. The van der Waals surface area contributed by atoms with E-state index in [-0.39, 0.29) is 31.1 Å². The van der Waals surface area contributed by atoms with Gasteiger partial charge in [0.15, 0.2) is 0 Å². The molecule has 2 rings (SSSR count). The SMILES string of the molecule is CCCCCCCCN1C(=O)C(c2ccc(OC(C)C)cc2)=C(N(C)CCO)C1=O. The summed E-state index contributed by atoms with van der Waals surface area (Å²) in [6.45, 7) is 6.72. The zero-order valence-corrected chi connectivity index (χ0v) is 18.8. The maximum Gasteiger partial charge on any atom is 0.277 e. The van der Waals surface area contributed by atoms with Crippen LogP contribution >= 0.6 is 0 Å². The molecule has 0 radical (unpaired) electrons. The van der Waals surface area contributed by atoms with Crippen LogP contribution in [0.3, 0.4) is 0 Å². The molecule has 2 amide bonds. The zero-order valence-electron chi connectivity index (χ0n) is 18.8. The Kier molecular flexibility index (Phi) is 9.37. The summed E-state index contributed by atoms with van der Waals surface area (Å²) in [4.78, 5) is 29.3. The minimum atomic E-state index is -0.276. The Hall–Kier alpha value is -2.34. The Labute approximate surface area is 180 Å². The number of aliphatic hydroxyl groups is 1. The molecule has 0 aromatic heterocycles. The molecule has 0 saturated carbocycles. The number of ether oxygens (including phenoxy) is 1. The first-order valence-corrected chi connectivity index (χ1v) is 11.1. The molecule has 1 aliphatic rings. The summed E-state index contributed by atoms with van der Waals surface area (Å²) in [5.41, 5.74) is 1.45. The Morgan fingerprint density at radius 3 is 2.23 bits per heavy atom. The van der Waals surface area contributed by atoms with E-state index in [1.165, 1.54) is 24.2 Å². The number of amides is 2. The largest absolute Gasteiger partial charge is 0.491 e. The van der Waals surface area contributed by atoms with E-state index in [4.69, 9.17) is 4.74 Å². The van der Waals surface area contributed by atoms with Crippen LogP contribution in [-0.4, -0.2) is 59.6 Å². The lowest BCUT2D eigenvalue weighted by molar-refractivity contribution is -0.137. The van der Waals surface area contributed by atoms with Crippen LogP contribution < -0.4 is 4.74 Å². The van der Waals surface area contributed by atoms with Gasteiger partial charge in [-0.2, -0.15) is 0 Å². The average Bonchev–Trinajstić information content (AvgIpc) is 2.95. The molecule has 6 heteroatoms. The van der Waals surface area contributed by atoms with Crippen LogP contribution in [0, 0.1) is 0 Å². The minimum Gasteiger partial charge on any atom is -0.491 e. The van der Waals surface area contributed by atoms with Crippen molar-refractivity contribution in [2.24, 2.45) is 0 Å². The number of hydrogen-bond donors (Lipinski definition) is 1. The maximum absolute atomic E-state index is 13.2. The molecule has 0 fully saturated rings. The van der Waals surface area contributed by atoms with Gasteiger partial charge in [-0.25, -0.2) is 0 Å². The van der Waals surface area contributed by atoms with Crippen molar-refractivity contribution in [1.29, 1.82) is 0 Å². The van der Waals surface area contributed by atoms with E-state index >= 15 is 0 Å². The molecule has 1 heterocycles. The molecule has 6 nitrogen and oxygen atoms in total. The van der Waals surface area contributed by atoms with E-state index in [1.54, 1.807) is 11.9 Å². The second-order valence-electron chi connectivity index (χ2n) is 8.09. The van der Waals surface area contributed by atoms with Gasteiger partial charge in [-0.1, -0.05) is 51.2 Å². The Morgan fingerprint density at radius 2 is 1.63 bits per heavy atom. The molecule has 166 valence electrons. The zero-order chi connectivity index (χ0) is 22.1. The number of aliphatic hydroxyl groups excluding tert-OH is 1. The number of rotatable bonds is 13. The molecule has 0 atom stereocenters. The van der Waals surface area contributed by atoms with Crippen molar-refractivity contribution in [1.82, 2.24) is 9.80 Å². The predicted molar refractivity (Wildman–Crippen MR) is 119 cm³/mol. The van der Waals surface area contributed by atoms with Crippen LogP contribution in [0.1, 0.15) is 64.9 Å². The molecule has 0 bridgehead atoms. The van der Waals surface area contributed by atoms with E-state index in [2.05, 4.69) is 6.92 Å². The van der Waals surface area contributed by atoms with Crippen molar-refractivity contribution in [3.8, 4) is 5.75 Å². The molecule has 1 aliphatic heterocycles. The van der Waals surface area contributed by atoms with Gasteiger partial charge in [0.25, 0.3) is 11.8 Å². The van der Waals surface area contributed by atoms with Crippen LogP contribution in [0.4, 0.5) is 0 Å². The maximum atomic E-state index is 13.2.